The van der Waals surface area contributed by atoms with Crippen molar-refractivity contribution in [3.05, 3.63) is 48.4 Å². The monoisotopic (exact) mass is 310 g/mol. The van der Waals surface area contributed by atoms with Gasteiger partial charge in [0, 0.05) is 12.1 Å². The number of pyridine rings is 2. The van der Waals surface area contributed by atoms with Crippen LogP contribution in [0.3, 0.4) is 0 Å². The lowest BCUT2D eigenvalue weighted by Crippen LogP contribution is -2.25. The topological polar surface area (TPSA) is 66.9 Å². The van der Waals surface area contributed by atoms with Gasteiger partial charge >= 0.3 is 0 Å². The van der Waals surface area contributed by atoms with Gasteiger partial charge in [0.1, 0.15) is 5.82 Å². The highest BCUT2D eigenvalue weighted by Crippen LogP contribution is 2.24. The zero-order valence-electron chi connectivity index (χ0n) is 13.2. The van der Waals surface area contributed by atoms with E-state index in [4.69, 9.17) is 0 Å². The van der Waals surface area contributed by atoms with Crippen molar-refractivity contribution in [2.45, 2.75) is 38.6 Å². The Morgan fingerprint density at radius 1 is 1.09 bits per heavy atom. The first-order chi connectivity index (χ1) is 11.3. The second kappa shape index (κ2) is 7.72. The Morgan fingerprint density at radius 2 is 1.96 bits per heavy atom. The lowest BCUT2D eigenvalue weighted by Gasteiger charge is -2.20. The fourth-order valence-electron chi connectivity index (χ4n) is 2.86. The molecule has 2 aromatic rings. The molecule has 2 aromatic heterocycles. The van der Waals surface area contributed by atoms with E-state index in [0.29, 0.717) is 12.4 Å². The quantitative estimate of drug-likeness (QED) is 0.885. The highest BCUT2D eigenvalue weighted by atomic mass is 16.1. The third-order valence-corrected chi connectivity index (χ3v) is 4.19. The number of anilines is 2. The summed E-state index contributed by atoms with van der Waals surface area (Å²) in [5.41, 5.74) is 1.88. The number of rotatable bonds is 5. The van der Waals surface area contributed by atoms with Crippen LogP contribution in [0.2, 0.25) is 0 Å². The van der Waals surface area contributed by atoms with Gasteiger partial charge in [-0.25, -0.2) is 4.98 Å². The smallest absolute Gasteiger partial charge is 0.228 e. The van der Waals surface area contributed by atoms with Crippen molar-refractivity contribution in [2.75, 3.05) is 10.6 Å². The molecule has 1 aliphatic rings. The second-order valence-corrected chi connectivity index (χ2v) is 5.93. The van der Waals surface area contributed by atoms with Gasteiger partial charge in [-0.2, -0.15) is 0 Å². The molecule has 1 fully saturated rings. The van der Waals surface area contributed by atoms with Crippen LogP contribution < -0.4 is 10.6 Å². The number of aromatic nitrogens is 2. The van der Waals surface area contributed by atoms with E-state index in [9.17, 15) is 4.79 Å². The molecule has 1 aliphatic carbocycles. The highest BCUT2D eigenvalue weighted by Gasteiger charge is 2.21. The predicted octanol–water partition coefficient (Wildman–Crippen LogP) is 3.61. The van der Waals surface area contributed by atoms with E-state index in [0.717, 1.165) is 37.1 Å². The van der Waals surface area contributed by atoms with Crippen LogP contribution in [0.4, 0.5) is 11.5 Å². The van der Waals surface area contributed by atoms with Crippen LogP contribution >= 0.6 is 0 Å². The molecule has 120 valence electrons. The SMILES string of the molecule is O=C(Nc1ccc(NCc2ccccn2)cn1)C1CCCCC1. The maximum atomic E-state index is 12.2. The van der Waals surface area contributed by atoms with E-state index in [2.05, 4.69) is 20.6 Å². The van der Waals surface area contributed by atoms with Crippen molar-refractivity contribution in [1.82, 2.24) is 9.97 Å². The van der Waals surface area contributed by atoms with Crippen molar-refractivity contribution in [3.8, 4) is 0 Å². The van der Waals surface area contributed by atoms with E-state index in [1.54, 1.807) is 12.4 Å². The third kappa shape index (κ3) is 4.52. The fraction of sp³-hybridized carbons (Fsp3) is 0.389. The van der Waals surface area contributed by atoms with E-state index in [1.807, 2.05) is 30.3 Å². The van der Waals surface area contributed by atoms with Gasteiger partial charge in [-0.1, -0.05) is 25.3 Å². The van der Waals surface area contributed by atoms with Crippen LogP contribution in [-0.2, 0) is 11.3 Å². The Hall–Kier alpha value is -2.43. The Morgan fingerprint density at radius 3 is 2.65 bits per heavy atom. The van der Waals surface area contributed by atoms with Crippen molar-refractivity contribution in [2.24, 2.45) is 5.92 Å². The second-order valence-electron chi connectivity index (χ2n) is 5.93. The summed E-state index contributed by atoms with van der Waals surface area (Å²) in [5, 5.41) is 6.19. The zero-order valence-corrected chi connectivity index (χ0v) is 13.2. The van der Waals surface area contributed by atoms with Crippen LogP contribution in [0.25, 0.3) is 0 Å². The van der Waals surface area contributed by atoms with Gasteiger partial charge in [-0.05, 0) is 37.1 Å². The Kier molecular flexibility index (Phi) is 5.19. The minimum Gasteiger partial charge on any atom is -0.378 e. The van der Waals surface area contributed by atoms with E-state index in [1.165, 1.54) is 6.42 Å². The molecule has 5 nitrogen and oxygen atoms in total. The maximum absolute atomic E-state index is 12.2. The number of carbonyl (C=O) groups excluding carboxylic acids is 1. The molecule has 1 amide bonds. The minimum absolute atomic E-state index is 0.103. The molecule has 0 saturated heterocycles. The molecule has 2 N–H and O–H groups in total. The number of hydrogen-bond acceptors (Lipinski definition) is 4. The zero-order chi connectivity index (χ0) is 15.9. The molecule has 1 saturated carbocycles. The summed E-state index contributed by atoms with van der Waals surface area (Å²) in [6.45, 7) is 0.649. The third-order valence-electron chi connectivity index (χ3n) is 4.19. The molecule has 0 radical (unpaired) electrons. The molecule has 0 aromatic carbocycles. The van der Waals surface area contributed by atoms with Crippen LogP contribution in [-0.4, -0.2) is 15.9 Å². The van der Waals surface area contributed by atoms with Crippen LogP contribution in [0.15, 0.2) is 42.7 Å². The largest absolute Gasteiger partial charge is 0.378 e. The Balaban J connectivity index is 1.51. The van der Waals surface area contributed by atoms with Crippen molar-refractivity contribution in [3.63, 3.8) is 0 Å². The lowest BCUT2D eigenvalue weighted by atomic mass is 9.89. The van der Waals surface area contributed by atoms with Crippen molar-refractivity contribution >= 4 is 17.4 Å². The molecule has 3 rings (SSSR count). The van der Waals surface area contributed by atoms with Gasteiger partial charge in [-0.15, -0.1) is 0 Å². The van der Waals surface area contributed by atoms with Gasteiger partial charge in [0.15, 0.2) is 0 Å². The molecule has 0 spiro atoms. The van der Waals surface area contributed by atoms with E-state index < -0.39 is 0 Å². The van der Waals surface area contributed by atoms with Gasteiger partial charge in [0.05, 0.1) is 24.1 Å². The summed E-state index contributed by atoms with van der Waals surface area (Å²) in [4.78, 5) is 20.8. The summed E-state index contributed by atoms with van der Waals surface area (Å²) in [6, 6.07) is 9.59. The average molecular weight is 310 g/mol. The first-order valence-corrected chi connectivity index (χ1v) is 8.22. The summed E-state index contributed by atoms with van der Waals surface area (Å²) in [5.74, 6) is 0.864. The van der Waals surface area contributed by atoms with Gasteiger partial charge in [0.2, 0.25) is 5.91 Å². The Labute approximate surface area is 136 Å². The van der Waals surface area contributed by atoms with Crippen molar-refractivity contribution < 1.29 is 4.79 Å². The molecule has 0 aliphatic heterocycles. The summed E-state index contributed by atoms with van der Waals surface area (Å²) < 4.78 is 0. The summed E-state index contributed by atoms with van der Waals surface area (Å²) in [7, 11) is 0. The number of hydrogen-bond donors (Lipinski definition) is 2. The first kappa shape index (κ1) is 15.5. The molecule has 0 atom stereocenters. The van der Waals surface area contributed by atoms with Crippen molar-refractivity contribution in [1.29, 1.82) is 0 Å². The molecule has 23 heavy (non-hydrogen) atoms. The number of nitrogens with zero attached hydrogens (tertiary/aromatic N) is 2. The van der Waals surface area contributed by atoms with Gasteiger partial charge < -0.3 is 10.6 Å². The van der Waals surface area contributed by atoms with Gasteiger partial charge in [0.25, 0.3) is 0 Å². The van der Waals surface area contributed by atoms with E-state index in [-0.39, 0.29) is 11.8 Å². The number of carbonyl (C=O) groups is 1. The van der Waals surface area contributed by atoms with Crippen LogP contribution in [0.5, 0.6) is 0 Å². The maximum Gasteiger partial charge on any atom is 0.228 e. The molecule has 5 heteroatoms. The standard InChI is InChI=1S/C18H22N4O/c23-18(14-6-2-1-3-7-14)22-17-10-9-16(13-21-17)20-12-15-8-4-5-11-19-15/h4-5,8-11,13-14,20H,1-3,6-7,12H2,(H,21,22,23). The number of nitrogens with one attached hydrogen (secondary N) is 2. The molecule has 2 heterocycles. The molecular weight excluding hydrogens is 288 g/mol. The van der Waals surface area contributed by atoms with Crippen LogP contribution in [0, 0.1) is 5.92 Å². The van der Waals surface area contributed by atoms with E-state index >= 15 is 0 Å². The summed E-state index contributed by atoms with van der Waals surface area (Å²) >= 11 is 0. The highest BCUT2D eigenvalue weighted by molar-refractivity contribution is 5.91. The Bertz CT molecular complexity index is 621. The molecule has 0 bridgehead atoms. The molecule has 0 unspecified atom stereocenters. The average Bonchev–Trinajstić information content (AvgIpc) is 2.63. The lowest BCUT2D eigenvalue weighted by molar-refractivity contribution is -0.120. The normalized spacial score (nSPS) is 15.1. The first-order valence-electron chi connectivity index (χ1n) is 8.22. The summed E-state index contributed by atoms with van der Waals surface area (Å²) in [6.07, 6.45) is 9.06. The minimum atomic E-state index is 0.103. The molecular formula is C18H22N4O. The van der Waals surface area contributed by atoms with Crippen LogP contribution in [0.1, 0.15) is 37.8 Å². The number of amides is 1. The van der Waals surface area contributed by atoms with Gasteiger partial charge in [-0.3, -0.25) is 9.78 Å². The predicted molar refractivity (Wildman–Crippen MR) is 91.0 cm³/mol. The fourth-order valence-corrected chi connectivity index (χ4v) is 2.86.